The van der Waals surface area contributed by atoms with Gasteiger partial charge in [-0.15, -0.1) is 0 Å². The molecule has 1 aromatic heterocycles. The topological polar surface area (TPSA) is 87.4 Å². The number of aliphatic hydroxyl groups excluding tert-OH is 1. The van der Waals surface area contributed by atoms with Gasteiger partial charge in [0, 0.05) is 5.56 Å². The molecule has 0 saturated carbocycles. The van der Waals surface area contributed by atoms with Crippen LogP contribution in [-0.2, 0) is 6.54 Å². The number of nitrogens with one attached hydrogen (secondary N) is 2. The molecule has 0 aliphatic heterocycles. The SMILES string of the molecule is CC(CO)NC(=O)NCc1ncc(-c2ccccc2)o1. The summed E-state index contributed by atoms with van der Waals surface area (Å²) < 4.78 is 5.55. The molecule has 0 fully saturated rings. The lowest BCUT2D eigenvalue weighted by Crippen LogP contribution is -2.41. The summed E-state index contributed by atoms with van der Waals surface area (Å²) in [6, 6.07) is 8.94. The second-order valence-electron chi connectivity index (χ2n) is 4.39. The van der Waals surface area contributed by atoms with Gasteiger partial charge in [-0.2, -0.15) is 0 Å². The molecule has 20 heavy (non-hydrogen) atoms. The minimum absolute atomic E-state index is 0.107. The zero-order valence-corrected chi connectivity index (χ0v) is 11.2. The van der Waals surface area contributed by atoms with E-state index in [1.807, 2.05) is 30.3 Å². The number of nitrogens with zero attached hydrogens (tertiary/aromatic N) is 1. The van der Waals surface area contributed by atoms with Gasteiger partial charge in [0.25, 0.3) is 0 Å². The molecule has 2 rings (SSSR count). The van der Waals surface area contributed by atoms with Crippen LogP contribution in [0.25, 0.3) is 11.3 Å². The molecule has 0 radical (unpaired) electrons. The standard InChI is InChI=1S/C14H17N3O3/c1-10(9-18)17-14(19)16-8-13-15-7-12(20-13)11-5-3-2-4-6-11/h2-7,10,18H,8-9H2,1H3,(H2,16,17,19). The summed E-state index contributed by atoms with van der Waals surface area (Å²) >= 11 is 0. The number of aromatic nitrogens is 1. The van der Waals surface area contributed by atoms with E-state index in [0.29, 0.717) is 11.7 Å². The van der Waals surface area contributed by atoms with Crippen molar-refractivity contribution < 1.29 is 14.3 Å². The Morgan fingerprint density at radius 3 is 2.85 bits per heavy atom. The number of amides is 2. The molecule has 0 aliphatic carbocycles. The number of oxazole rings is 1. The van der Waals surface area contributed by atoms with Crippen molar-refractivity contribution in [2.24, 2.45) is 0 Å². The maximum atomic E-state index is 11.5. The van der Waals surface area contributed by atoms with Crippen LogP contribution in [0.15, 0.2) is 40.9 Å². The molecule has 0 saturated heterocycles. The van der Waals surface area contributed by atoms with Gasteiger partial charge in [0.2, 0.25) is 5.89 Å². The average Bonchev–Trinajstić information content (AvgIpc) is 2.95. The first kappa shape index (κ1) is 14.1. The monoisotopic (exact) mass is 275 g/mol. The maximum Gasteiger partial charge on any atom is 0.315 e. The van der Waals surface area contributed by atoms with Crippen LogP contribution in [0.2, 0.25) is 0 Å². The Hall–Kier alpha value is -2.34. The number of hydrogen-bond acceptors (Lipinski definition) is 4. The van der Waals surface area contributed by atoms with Crippen LogP contribution >= 0.6 is 0 Å². The second kappa shape index (κ2) is 6.72. The minimum atomic E-state index is -0.369. The van der Waals surface area contributed by atoms with E-state index in [0.717, 1.165) is 5.56 Å². The summed E-state index contributed by atoms with van der Waals surface area (Å²) in [5.41, 5.74) is 0.935. The van der Waals surface area contributed by atoms with Crippen molar-refractivity contribution in [3.8, 4) is 11.3 Å². The molecule has 0 bridgehead atoms. The first-order valence-electron chi connectivity index (χ1n) is 6.34. The minimum Gasteiger partial charge on any atom is -0.439 e. The number of urea groups is 1. The van der Waals surface area contributed by atoms with E-state index in [1.54, 1.807) is 13.1 Å². The fraction of sp³-hybridized carbons (Fsp3) is 0.286. The summed E-state index contributed by atoms with van der Waals surface area (Å²) in [4.78, 5) is 15.6. The van der Waals surface area contributed by atoms with Gasteiger partial charge in [-0.3, -0.25) is 0 Å². The third-order valence-corrected chi connectivity index (χ3v) is 2.66. The zero-order chi connectivity index (χ0) is 14.4. The summed E-state index contributed by atoms with van der Waals surface area (Å²) in [5, 5.41) is 14.0. The molecule has 6 heteroatoms. The fourth-order valence-electron chi connectivity index (χ4n) is 1.60. The molecule has 106 valence electrons. The van der Waals surface area contributed by atoms with Crippen molar-refractivity contribution in [1.82, 2.24) is 15.6 Å². The first-order chi connectivity index (χ1) is 9.69. The van der Waals surface area contributed by atoms with Gasteiger partial charge in [-0.1, -0.05) is 30.3 Å². The van der Waals surface area contributed by atoms with Gasteiger partial charge in [0.15, 0.2) is 5.76 Å². The molecule has 1 unspecified atom stereocenters. The number of aliphatic hydroxyl groups is 1. The number of carbonyl (C=O) groups excluding carboxylic acids is 1. The maximum absolute atomic E-state index is 11.5. The molecule has 6 nitrogen and oxygen atoms in total. The smallest absolute Gasteiger partial charge is 0.315 e. The van der Waals surface area contributed by atoms with Crippen LogP contribution in [0.1, 0.15) is 12.8 Å². The third kappa shape index (κ3) is 3.83. The van der Waals surface area contributed by atoms with Crippen molar-refractivity contribution in [3.05, 3.63) is 42.4 Å². The zero-order valence-electron chi connectivity index (χ0n) is 11.2. The highest BCUT2D eigenvalue weighted by atomic mass is 16.4. The fourth-order valence-corrected chi connectivity index (χ4v) is 1.60. The van der Waals surface area contributed by atoms with Gasteiger partial charge in [0.05, 0.1) is 25.4 Å². The highest BCUT2D eigenvalue weighted by Gasteiger charge is 2.09. The number of hydrogen-bond donors (Lipinski definition) is 3. The van der Waals surface area contributed by atoms with Crippen LogP contribution in [-0.4, -0.2) is 28.8 Å². The largest absolute Gasteiger partial charge is 0.439 e. The summed E-state index contributed by atoms with van der Waals surface area (Å²) in [6.45, 7) is 1.79. The van der Waals surface area contributed by atoms with Gasteiger partial charge in [0.1, 0.15) is 0 Å². The second-order valence-corrected chi connectivity index (χ2v) is 4.39. The van der Waals surface area contributed by atoms with Crippen LogP contribution in [0, 0.1) is 0 Å². The summed E-state index contributed by atoms with van der Waals surface area (Å²) in [5.74, 6) is 1.09. The van der Waals surface area contributed by atoms with Crippen molar-refractivity contribution >= 4 is 6.03 Å². The van der Waals surface area contributed by atoms with E-state index in [1.165, 1.54) is 0 Å². The van der Waals surface area contributed by atoms with E-state index < -0.39 is 0 Å². The predicted molar refractivity (Wildman–Crippen MR) is 73.9 cm³/mol. The average molecular weight is 275 g/mol. The number of rotatable bonds is 5. The molecule has 0 aliphatic rings. The Morgan fingerprint density at radius 1 is 1.40 bits per heavy atom. The van der Waals surface area contributed by atoms with E-state index in [4.69, 9.17) is 9.52 Å². The quantitative estimate of drug-likeness (QED) is 0.772. The van der Waals surface area contributed by atoms with Crippen LogP contribution < -0.4 is 10.6 Å². The Balaban J connectivity index is 1.89. The Bertz CT molecular complexity index is 554. The first-order valence-corrected chi connectivity index (χ1v) is 6.34. The molecule has 2 amide bonds. The Morgan fingerprint density at radius 2 is 2.15 bits per heavy atom. The van der Waals surface area contributed by atoms with Crippen molar-refractivity contribution in [2.75, 3.05) is 6.61 Å². The molecular weight excluding hydrogens is 258 g/mol. The predicted octanol–water partition coefficient (Wildman–Crippen LogP) is 1.52. The van der Waals surface area contributed by atoms with E-state index >= 15 is 0 Å². The lowest BCUT2D eigenvalue weighted by molar-refractivity contribution is 0.219. The van der Waals surface area contributed by atoms with Gasteiger partial charge in [-0.05, 0) is 6.92 Å². The van der Waals surface area contributed by atoms with Crippen LogP contribution in [0.4, 0.5) is 4.79 Å². The molecule has 1 atom stereocenters. The molecule has 3 N–H and O–H groups in total. The van der Waals surface area contributed by atoms with E-state index in [9.17, 15) is 4.79 Å². The van der Waals surface area contributed by atoms with Gasteiger partial charge >= 0.3 is 6.03 Å². The molecule has 2 aromatic rings. The van der Waals surface area contributed by atoms with Crippen LogP contribution in [0.3, 0.4) is 0 Å². The Kier molecular flexibility index (Phi) is 4.73. The normalized spacial score (nSPS) is 11.9. The van der Waals surface area contributed by atoms with E-state index in [2.05, 4.69) is 15.6 Å². The van der Waals surface area contributed by atoms with Crippen molar-refractivity contribution in [2.45, 2.75) is 19.5 Å². The summed E-state index contributed by atoms with van der Waals surface area (Å²) in [7, 11) is 0. The third-order valence-electron chi connectivity index (χ3n) is 2.66. The van der Waals surface area contributed by atoms with Crippen molar-refractivity contribution in [3.63, 3.8) is 0 Å². The van der Waals surface area contributed by atoms with Crippen molar-refractivity contribution in [1.29, 1.82) is 0 Å². The Labute approximate surface area is 116 Å². The van der Waals surface area contributed by atoms with Crippen LogP contribution in [0.5, 0.6) is 0 Å². The molecule has 0 spiro atoms. The number of benzene rings is 1. The lowest BCUT2D eigenvalue weighted by atomic mass is 10.2. The highest BCUT2D eigenvalue weighted by Crippen LogP contribution is 2.19. The van der Waals surface area contributed by atoms with Gasteiger partial charge in [-0.25, -0.2) is 9.78 Å². The molecular formula is C14H17N3O3. The summed E-state index contributed by atoms with van der Waals surface area (Å²) in [6.07, 6.45) is 1.63. The molecule has 1 heterocycles. The number of carbonyl (C=O) groups is 1. The van der Waals surface area contributed by atoms with Gasteiger partial charge < -0.3 is 20.2 Å². The van der Waals surface area contributed by atoms with E-state index in [-0.39, 0.29) is 25.2 Å². The highest BCUT2D eigenvalue weighted by molar-refractivity contribution is 5.74. The molecule has 1 aromatic carbocycles. The lowest BCUT2D eigenvalue weighted by Gasteiger charge is -2.10.